The Morgan fingerprint density at radius 3 is 2.59 bits per heavy atom. The molecule has 10 nitrogen and oxygen atoms in total. The first-order valence-electron chi connectivity index (χ1n) is 9.40. The van der Waals surface area contributed by atoms with Crippen molar-refractivity contribution in [2.24, 2.45) is 0 Å². The molecule has 3 aromatic heterocycles. The lowest BCUT2D eigenvalue weighted by Crippen LogP contribution is -2.14. The molecule has 3 heterocycles. The van der Waals surface area contributed by atoms with E-state index in [4.69, 9.17) is 9.47 Å². The fraction of sp³-hybridized carbons (Fsp3) is 0.300. The second-order valence-electron chi connectivity index (χ2n) is 6.82. The summed E-state index contributed by atoms with van der Waals surface area (Å²) in [6.07, 6.45) is 2.72. The normalized spacial score (nSPS) is 11.1. The van der Waals surface area contributed by atoms with Crippen LogP contribution in [0.2, 0.25) is 0 Å². The summed E-state index contributed by atoms with van der Waals surface area (Å²) >= 11 is 0. The van der Waals surface area contributed by atoms with Crippen molar-refractivity contribution in [1.82, 2.24) is 24.9 Å². The van der Waals surface area contributed by atoms with Gasteiger partial charge in [-0.15, -0.1) is 0 Å². The summed E-state index contributed by atoms with van der Waals surface area (Å²) in [5.74, 6) is -3.14. The number of aromatic nitrogens is 5. The highest BCUT2D eigenvalue weighted by molar-refractivity contribution is 5.88. The van der Waals surface area contributed by atoms with Crippen molar-refractivity contribution in [1.29, 1.82) is 0 Å². The zero-order valence-electron chi connectivity index (χ0n) is 17.8. The summed E-state index contributed by atoms with van der Waals surface area (Å²) in [6.45, 7) is 3.69. The van der Waals surface area contributed by atoms with Crippen molar-refractivity contribution < 1.29 is 23.0 Å². The van der Waals surface area contributed by atoms with E-state index < -0.39 is 11.7 Å². The van der Waals surface area contributed by atoms with Gasteiger partial charge in [0.25, 0.3) is 0 Å². The minimum Gasteiger partial charge on any atom is -0.483 e. The molecule has 2 N–H and O–H groups in total. The van der Waals surface area contributed by atoms with E-state index in [1.165, 1.54) is 38.7 Å². The molecule has 0 bridgehead atoms. The summed E-state index contributed by atoms with van der Waals surface area (Å²) in [7, 11) is 1.48. The maximum atomic E-state index is 13.8. The third kappa shape index (κ3) is 6.03. The summed E-state index contributed by atoms with van der Waals surface area (Å²) in [6, 6.07) is 4.61. The second-order valence-corrected chi connectivity index (χ2v) is 6.82. The largest absolute Gasteiger partial charge is 0.483 e. The lowest BCUT2D eigenvalue weighted by atomic mass is 10.3. The second kappa shape index (κ2) is 9.45. The minimum absolute atomic E-state index is 0.0514. The molecule has 3 aromatic rings. The van der Waals surface area contributed by atoms with Gasteiger partial charge in [-0.1, -0.05) is 0 Å². The molecule has 0 saturated carbocycles. The SMILES string of the molecule is COc1cc(COc2cnc(NC(C)=O)cc2Nc2cc(C)nc(C(C)(F)F)n2)ncn1. The van der Waals surface area contributed by atoms with Crippen molar-refractivity contribution in [3.63, 3.8) is 0 Å². The van der Waals surface area contributed by atoms with Gasteiger partial charge in [-0.2, -0.15) is 8.78 Å². The number of anilines is 3. The van der Waals surface area contributed by atoms with Crippen molar-refractivity contribution in [3.8, 4) is 11.6 Å². The summed E-state index contributed by atoms with van der Waals surface area (Å²) in [4.78, 5) is 31.3. The molecule has 0 atom stereocenters. The number of nitrogens with zero attached hydrogens (tertiary/aromatic N) is 5. The van der Waals surface area contributed by atoms with Crippen molar-refractivity contribution in [2.45, 2.75) is 33.3 Å². The molecule has 0 saturated heterocycles. The van der Waals surface area contributed by atoms with Gasteiger partial charge in [-0.25, -0.2) is 24.9 Å². The van der Waals surface area contributed by atoms with Crippen molar-refractivity contribution >= 4 is 23.2 Å². The average molecular weight is 445 g/mol. The van der Waals surface area contributed by atoms with Crippen LogP contribution in [0.3, 0.4) is 0 Å². The first kappa shape index (κ1) is 22.7. The summed E-state index contributed by atoms with van der Waals surface area (Å²) in [5.41, 5.74) is 1.23. The molecule has 1 amide bonds. The number of pyridine rings is 1. The minimum atomic E-state index is -3.21. The zero-order chi connectivity index (χ0) is 23.3. The smallest absolute Gasteiger partial charge is 0.303 e. The van der Waals surface area contributed by atoms with Crippen LogP contribution in [0.1, 0.15) is 31.1 Å². The summed E-state index contributed by atoms with van der Waals surface area (Å²) in [5, 5.41) is 5.50. The van der Waals surface area contributed by atoms with Gasteiger partial charge in [-0.3, -0.25) is 4.79 Å². The molecule has 0 radical (unpaired) electrons. The first-order valence-corrected chi connectivity index (χ1v) is 9.40. The number of rotatable bonds is 8. The Hall–Kier alpha value is -3.96. The number of hydrogen-bond donors (Lipinski definition) is 2. The van der Waals surface area contributed by atoms with Crippen molar-refractivity contribution in [2.75, 3.05) is 17.7 Å². The molecule has 0 aliphatic heterocycles. The molecule has 0 unspecified atom stereocenters. The number of aryl methyl sites for hydroxylation is 1. The third-order valence-electron chi connectivity index (χ3n) is 3.96. The number of carbonyl (C=O) groups excluding carboxylic acids is 1. The van der Waals surface area contributed by atoms with Crippen LogP contribution >= 0.6 is 0 Å². The standard InChI is InChI=1S/C20H21F2N7O3/c1-11-5-17(29-19(26-11)20(3,21)22)28-14-7-16(27-12(2)30)23-8-15(14)32-9-13-6-18(31-4)25-10-24-13/h5-8,10H,9H2,1-4H3,(H2,23,26,27,28,29,30). The topological polar surface area (TPSA) is 124 Å². The quantitative estimate of drug-likeness (QED) is 0.537. The molecule has 12 heteroatoms. The number of carbonyl (C=O) groups is 1. The highest BCUT2D eigenvalue weighted by Gasteiger charge is 2.29. The van der Waals surface area contributed by atoms with Crippen molar-refractivity contribution in [3.05, 3.63) is 47.9 Å². The van der Waals surface area contributed by atoms with Gasteiger partial charge in [0.05, 0.1) is 24.7 Å². The van der Waals surface area contributed by atoms with Gasteiger partial charge in [-0.05, 0) is 6.92 Å². The van der Waals surface area contributed by atoms with Gasteiger partial charge < -0.3 is 20.1 Å². The fourth-order valence-corrected chi connectivity index (χ4v) is 2.59. The Kier molecular flexibility index (Phi) is 6.71. The monoisotopic (exact) mass is 445 g/mol. The van der Waals surface area contributed by atoms with Gasteiger partial charge >= 0.3 is 5.92 Å². The molecule has 0 fully saturated rings. The Bertz CT molecular complexity index is 1120. The maximum absolute atomic E-state index is 13.8. The molecule has 168 valence electrons. The molecule has 3 rings (SSSR count). The molecular weight excluding hydrogens is 424 g/mol. The molecule has 0 aliphatic carbocycles. The van der Waals surface area contributed by atoms with Crippen LogP contribution in [-0.4, -0.2) is 37.9 Å². The molecular formula is C20H21F2N7O3. The highest BCUT2D eigenvalue weighted by Crippen LogP contribution is 2.31. The van der Waals surface area contributed by atoms with Gasteiger partial charge in [0.15, 0.2) is 5.75 Å². The highest BCUT2D eigenvalue weighted by atomic mass is 19.3. The number of ether oxygens (including phenoxy) is 2. The number of alkyl halides is 2. The van der Waals surface area contributed by atoms with E-state index in [1.54, 1.807) is 13.0 Å². The average Bonchev–Trinajstić information content (AvgIpc) is 2.72. The number of nitrogens with one attached hydrogen (secondary N) is 2. The molecule has 0 aromatic carbocycles. The zero-order valence-corrected chi connectivity index (χ0v) is 17.8. The van der Waals surface area contributed by atoms with Crippen LogP contribution in [-0.2, 0) is 17.3 Å². The Morgan fingerprint density at radius 2 is 1.91 bits per heavy atom. The van der Waals surface area contributed by atoms with Crippen LogP contribution in [0.15, 0.2) is 30.7 Å². The Balaban J connectivity index is 1.91. The van der Waals surface area contributed by atoms with Crippen LogP contribution in [0, 0.1) is 6.92 Å². The predicted molar refractivity (Wildman–Crippen MR) is 111 cm³/mol. The van der Waals surface area contributed by atoms with Crippen LogP contribution in [0.5, 0.6) is 11.6 Å². The number of halogens is 2. The van der Waals surface area contributed by atoms with E-state index in [1.807, 2.05) is 0 Å². The predicted octanol–water partition coefficient (Wildman–Crippen LogP) is 3.37. The third-order valence-corrected chi connectivity index (χ3v) is 3.96. The van der Waals surface area contributed by atoms with E-state index >= 15 is 0 Å². The molecule has 32 heavy (non-hydrogen) atoms. The number of methoxy groups -OCH3 is 1. The number of amides is 1. The Morgan fingerprint density at radius 1 is 1.12 bits per heavy atom. The maximum Gasteiger partial charge on any atom is 0.303 e. The van der Waals surface area contributed by atoms with Gasteiger partial charge in [0.2, 0.25) is 17.6 Å². The van der Waals surface area contributed by atoms with Crippen LogP contribution in [0.25, 0.3) is 0 Å². The van der Waals surface area contributed by atoms with Crippen LogP contribution < -0.4 is 20.1 Å². The first-order chi connectivity index (χ1) is 15.1. The van der Waals surface area contributed by atoms with Gasteiger partial charge in [0, 0.05) is 37.7 Å². The molecule has 0 aliphatic rings. The van der Waals surface area contributed by atoms with E-state index in [2.05, 4.69) is 35.6 Å². The Labute approximate surface area is 182 Å². The van der Waals surface area contributed by atoms with E-state index in [-0.39, 0.29) is 29.9 Å². The van der Waals surface area contributed by atoms with E-state index in [9.17, 15) is 13.6 Å². The van der Waals surface area contributed by atoms with E-state index in [0.717, 1.165) is 6.92 Å². The fourth-order valence-electron chi connectivity index (χ4n) is 2.59. The number of hydrogen-bond acceptors (Lipinski definition) is 9. The molecule has 0 spiro atoms. The van der Waals surface area contributed by atoms with Gasteiger partial charge in [0.1, 0.15) is 24.6 Å². The van der Waals surface area contributed by atoms with Crippen LogP contribution in [0.4, 0.5) is 26.1 Å². The lowest BCUT2D eigenvalue weighted by Gasteiger charge is -2.16. The summed E-state index contributed by atoms with van der Waals surface area (Å²) < 4.78 is 38.4. The van der Waals surface area contributed by atoms with E-state index in [0.29, 0.717) is 23.0 Å². The lowest BCUT2D eigenvalue weighted by molar-refractivity contribution is -0.114.